The first-order valence-electron chi connectivity index (χ1n) is 6.21. The van der Waals surface area contributed by atoms with Crippen LogP contribution < -0.4 is 4.90 Å². The Kier molecular flexibility index (Phi) is 3.95. The highest BCUT2D eigenvalue weighted by molar-refractivity contribution is 6.07. The summed E-state index contributed by atoms with van der Waals surface area (Å²) >= 11 is 0. The summed E-state index contributed by atoms with van der Waals surface area (Å²) in [5, 5.41) is 18.0. The fraction of sp³-hybridized carbons (Fsp3) is 0.267. The number of quaternary nitrogens is 1. The topological polar surface area (TPSA) is 62.0 Å². The largest absolute Gasteiger partial charge is 0.368 e. The Morgan fingerprint density at radius 1 is 1.21 bits per heavy atom. The van der Waals surface area contributed by atoms with Gasteiger partial charge in [0.1, 0.15) is 5.70 Å². The number of allylic oxidation sites excluding steroid dienone is 3. The third kappa shape index (κ3) is 2.98. The molecule has 3 N–H and O–H groups in total. The predicted molar refractivity (Wildman–Crippen MR) is 71.4 cm³/mol. The average molecular weight is 260 g/mol. The van der Waals surface area contributed by atoms with E-state index in [2.05, 4.69) is 0 Å². The number of benzene rings is 1. The van der Waals surface area contributed by atoms with Crippen molar-refractivity contribution < 1.29 is 19.9 Å². The molecule has 0 aliphatic carbocycles. The molecule has 0 saturated heterocycles. The molecule has 0 saturated carbocycles. The number of carbonyl (C=O) groups excluding carboxylic acids is 1. The number of likely N-dealkylation sites (N-methyl/N-ethyl adjacent to an activating group) is 1. The summed E-state index contributed by atoms with van der Waals surface area (Å²) in [6.07, 6.45) is 2.28. The van der Waals surface area contributed by atoms with Crippen molar-refractivity contribution in [2.45, 2.75) is 19.6 Å². The number of nitrogens with one attached hydrogen (secondary N) is 1. The number of Topliss-reactive ketones (excluding diaryl/α,β-unsaturated/α-hetero) is 1. The minimum atomic E-state index is -1.39. The first-order valence-corrected chi connectivity index (χ1v) is 6.21. The molecule has 1 aliphatic rings. The van der Waals surface area contributed by atoms with Gasteiger partial charge in [0.05, 0.1) is 13.5 Å². The van der Waals surface area contributed by atoms with Crippen molar-refractivity contribution in [2.24, 2.45) is 0 Å². The summed E-state index contributed by atoms with van der Waals surface area (Å²) in [5.41, 5.74) is 3.18. The number of aliphatic hydroxyl groups excluding tert-OH is 1. The van der Waals surface area contributed by atoms with Crippen LogP contribution in [0.2, 0.25) is 0 Å². The number of aryl methyl sites for hydroxylation is 1. The zero-order chi connectivity index (χ0) is 14.0. The molecule has 0 bridgehead atoms. The first kappa shape index (κ1) is 13.7. The molecule has 0 fully saturated rings. The van der Waals surface area contributed by atoms with Gasteiger partial charge < -0.3 is 10.2 Å². The van der Waals surface area contributed by atoms with Crippen LogP contribution in [0.4, 0.5) is 0 Å². The summed E-state index contributed by atoms with van der Waals surface area (Å²) in [6, 6.07) is 7.43. The fourth-order valence-electron chi connectivity index (χ4n) is 2.13. The van der Waals surface area contributed by atoms with Crippen LogP contribution in [0.1, 0.15) is 22.3 Å². The molecule has 0 radical (unpaired) electrons. The van der Waals surface area contributed by atoms with Crippen molar-refractivity contribution >= 4 is 5.78 Å². The number of ketones is 1. The molecule has 1 aromatic carbocycles. The average Bonchev–Trinajstić information content (AvgIpc) is 2.70. The lowest BCUT2D eigenvalue weighted by Gasteiger charge is -2.14. The molecule has 0 amide bonds. The van der Waals surface area contributed by atoms with Gasteiger partial charge in [-0.15, -0.1) is 0 Å². The van der Waals surface area contributed by atoms with Crippen LogP contribution in [0, 0.1) is 6.92 Å². The van der Waals surface area contributed by atoms with Crippen molar-refractivity contribution in [1.82, 2.24) is 0 Å². The summed E-state index contributed by atoms with van der Waals surface area (Å²) < 4.78 is 0. The molecule has 4 heteroatoms. The van der Waals surface area contributed by atoms with E-state index in [0.717, 1.165) is 16.2 Å². The standard InChI is InChI=1S/C15H17NO3/c1-10-3-5-11(6-4-10)15(19)13-8-7-12(16(13)2)9-14(17)18/h3-8,14,17-18H,9H2,1-2H3/p+1. The molecule has 4 nitrogen and oxygen atoms in total. The molecule has 1 atom stereocenters. The lowest BCUT2D eigenvalue weighted by Crippen LogP contribution is -3.05. The van der Waals surface area contributed by atoms with Crippen molar-refractivity contribution in [2.75, 3.05) is 7.05 Å². The van der Waals surface area contributed by atoms with Crippen LogP contribution in [0.5, 0.6) is 0 Å². The number of rotatable bonds is 4. The van der Waals surface area contributed by atoms with Crippen LogP contribution in [0.15, 0.2) is 47.8 Å². The molecule has 1 unspecified atom stereocenters. The zero-order valence-electron chi connectivity index (χ0n) is 11.1. The summed E-state index contributed by atoms with van der Waals surface area (Å²) in [7, 11) is 1.83. The second-order valence-corrected chi connectivity index (χ2v) is 4.78. The van der Waals surface area contributed by atoms with E-state index in [0.29, 0.717) is 11.3 Å². The van der Waals surface area contributed by atoms with Gasteiger partial charge in [-0.1, -0.05) is 29.8 Å². The van der Waals surface area contributed by atoms with E-state index >= 15 is 0 Å². The third-order valence-electron chi connectivity index (χ3n) is 3.30. The minimum Gasteiger partial charge on any atom is -0.368 e. The van der Waals surface area contributed by atoms with E-state index in [9.17, 15) is 4.79 Å². The van der Waals surface area contributed by atoms with Crippen molar-refractivity contribution in [3.63, 3.8) is 0 Å². The Morgan fingerprint density at radius 3 is 2.42 bits per heavy atom. The van der Waals surface area contributed by atoms with Crippen LogP contribution in [-0.2, 0) is 0 Å². The fourth-order valence-corrected chi connectivity index (χ4v) is 2.13. The van der Waals surface area contributed by atoms with E-state index in [1.165, 1.54) is 0 Å². The Morgan fingerprint density at radius 2 is 1.84 bits per heavy atom. The highest BCUT2D eigenvalue weighted by Crippen LogP contribution is 2.11. The molecule has 2 rings (SSSR count). The normalized spacial score (nSPS) is 18.5. The van der Waals surface area contributed by atoms with Crippen LogP contribution in [0.3, 0.4) is 0 Å². The molecule has 0 spiro atoms. The maximum absolute atomic E-state index is 12.4. The first-order chi connectivity index (χ1) is 8.99. The smallest absolute Gasteiger partial charge is 0.246 e. The maximum Gasteiger partial charge on any atom is 0.246 e. The highest BCUT2D eigenvalue weighted by Gasteiger charge is 2.28. The van der Waals surface area contributed by atoms with Crippen LogP contribution in [0.25, 0.3) is 0 Å². The van der Waals surface area contributed by atoms with E-state index in [-0.39, 0.29) is 12.2 Å². The van der Waals surface area contributed by atoms with Gasteiger partial charge in [-0.3, -0.25) is 9.69 Å². The lowest BCUT2D eigenvalue weighted by molar-refractivity contribution is -0.790. The Bertz CT molecular complexity index is 541. The SMILES string of the molecule is Cc1ccc(C(=O)C2=CC=C(CC(O)O)[NH+]2C)cc1. The highest BCUT2D eigenvalue weighted by atomic mass is 16.5. The quantitative estimate of drug-likeness (QED) is 0.534. The Labute approximate surface area is 112 Å². The van der Waals surface area contributed by atoms with Gasteiger partial charge in [-0.05, 0) is 6.92 Å². The Hall–Kier alpha value is -1.75. The monoisotopic (exact) mass is 260 g/mol. The van der Waals surface area contributed by atoms with E-state index in [1.807, 2.05) is 38.2 Å². The summed E-state index contributed by atoms with van der Waals surface area (Å²) in [4.78, 5) is 13.2. The van der Waals surface area contributed by atoms with Gasteiger partial charge in [-0.25, -0.2) is 0 Å². The van der Waals surface area contributed by atoms with Crippen molar-refractivity contribution in [1.29, 1.82) is 0 Å². The molecule has 1 aliphatic heterocycles. The third-order valence-corrected chi connectivity index (χ3v) is 3.30. The molecular formula is C15H18NO3+. The zero-order valence-corrected chi connectivity index (χ0v) is 11.1. The second-order valence-electron chi connectivity index (χ2n) is 4.78. The number of aliphatic hydroxyl groups is 2. The molecular weight excluding hydrogens is 242 g/mol. The lowest BCUT2D eigenvalue weighted by atomic mass is 10.1. The van der Waals surface area contributed by atoms with Gasteiger partial charge in [-0.2, -0.15) is 0 Å². The summed E-state index contributed by atoms with van der Waals surface area (Å²) in [6.45, 7) is 1.97. The van der Waals surface area contributed by atoms with Crippen molar-refractivity contribution in [3.05, 3.63) is 58.9 Å². The van der Waals surface area contributed by atoms with Gasteiger partial charge in [0.2, 0.25) is 5.78 Å². The molecule has 1 aromatic rings. The second kappa shape index (κ2) is 5.48. The minimum absolute atomic E-state index is 0.0313. The van der Waals surface area contributed by atoms with Gasteiger partial charge in [0.15, 0.2) is 12.0 Å². The van der Waals surface area contributed by atoms with Crippen LogP contribution >= 0.6 is 0 Å². The summed E-state index contributed by atoms with van der Waals surface area (Å²) in [5.74, 6) is -0.0313. The van der Waals surface area contributed by atoms with E-state index in [1.54, 1.807) is 12.2 Å². The maximum atomic E-state index is 12.4. The van der Waals surface area contributed by atoms with Gasteiger partial charge in [0.25, 0.3) is 0 Å². The number of carbonyl (C=O) groups is 1. The predicted octanol–water partition coefficient (Wildman–Crippen LogP) is 0.175. The molecule has 1 heterocycles. The van der Waals surface area contributed by atoms with Crippen molar-refractivity contribution in [3.8, 4) is 0 Å². The number of hydrogen-bond acceptors (Lipinski definition) is 3. The van der Waals surface area contributed by atoms with Crippen LogP contribution in [-0.4, -0.2) is 29.3 Å². The van der Waals surface area contributed by atoms with Gasteiger partial charge >= 0.3 is 0 Å². The molecule has 100 valence electrons. The molecule has 19 heavy (non-hydrogen) atoms. The Balaban J connectivity index is 2.13. The molecule has 0 aromatic heterocycles. The number of hydrogen-bond donors (Lipinski definition) is 3. The van der Waals surface area contributed by atoms with E-state index in [4.69, 9.17) is 10.2 Å². The van der Waals surface area contributed by atoms with Gasteiger partial charge in [0, 0.05) is 17.7 Å². The van der Waals surface area contributed by atoms with E-state index < -0.39 is 6.29 Å².